The van der Waals surface area contributed by atoms with E-state index in [9.17, 15) is 0 Å². The fourth-order valence-electron chi connectivity index (χ4n) is 3.55. The first-order valence-corrected chi connectivity index (χ1v) is 11.4. The smallest absolute Gasteiger partial charge is 0.0471 e. The van der Waals surface area contributed by atoms with Gasteiger partial charge in [0, 0.05) is 6.61 Å². The zero-order chi connectivity index (χ0) is 19.9. The molecule has 0 saturated carbocycles. The Morgan fingerprint density at radius 2 is 0.897 bits per heavy atom. The molecule has 4 aromatic carbocycles. The zero-order valence-electron chi connectivity index (χ0n) is 16.4. The summed E-state index contributed by atoms with van der Waals surface area (Å²) in [6, 6.07) is 39.3. The lowest BCUT2D eigenvalue weighted by Gasteiger charge is -2.19. The van der Waals surface area contributed by atoms with Gasteiger partial charge in [0.25, 0.3) is 0 Å². The van der Waals surface area contributed by atoms with Crippen LogP contribution in [0.4, 0.5) is 0 Å². The van der Waals surface area contributed by atoms with Crippen molar-refractivity contribution in [1.82, 2.24) is 0 Å². The molecule has 0 saturated heterocycles. The van der Waals surface area contributed by atoms with Gasteiger partial charge in [0.05, 0.1) is 0 Å². The first kappa shape index (κ1) is 19.6. The molecule has 0 radical (unpaired) electrons. The normalized spacial score (nSPS) is 11.0. The molecule has 1 nitrogen and oxygen atoms in total. The molecular weight excluding hydrogens is 371 g/mol. The largest absolute Gasteiger partial charge is 0.396 e. The molecule has 0 bridgehead atoms. The highest BCUT2D eigenvalue weighted by atomic mass is 31.1. The predicted molar refractivity (Wildman–Crippen MR) is 125 cm³/mol. The Bertz CT molecular complexity index is 970. The van der Waals surface area contributed by atoms with Crippen molar-refractivity contribution in [1.29, 1.82) is 0 Å². The Kier molecular flexibility index (Phi) is 6.52. The zero-order valence-corrected chi connectivity index (χ0v) is 17.3. The maximum Gasteiger partial charge on any atom is 0.0471 e. The molecule has 0 aromatic heterocycles. The van der Waals surface area contributed by atoms with E-state index in [0.29, 0.717) is 0 Å². The van der Waals surface area contributed by atoms with Crippen molar-refractivity contribution in [3.8, 4) is 0 Å². The Hall–Kier alpha value is -2.73. The molecule has 0 aliphatic rings. The van der Waals surface area contributed by atoms with Crippen LogP contribution in [0.3, 0.4) is 0 Å². The van der Waals surface area contributed by atoms with Gasteiger partial charge in [-0.1, -0.05) is 109 Å². The predicted octanol–water partition coefficient (Wildman–Crippen LogP) is 4.57. The molecule has 144 valence electrons. The van der Waals surface area contributed by atoms with E-state index in [1.165, 1.54) is 32.6 Å². The van der Waals surface area contributed by atoms with Gasteiger partial charge >= 0.3 is 0 Å². The third-order valence-corrected chi connectivity index (χ3v) is 7.50. The third-order valence-electron chi connectivity index (χ3n) is 5.06. The van der Waals surface area contributed by atoms with Crippen LogP contribution in [0, 0.1) is 0 Å². The van der Waals surface area contributed by atoms with Crippen molar-refractivity contribution < 1.29 is 5.11 Å². The fraction of sp³-hybridized carbons (Fsp3) is 0.111. The van der Waals surface area contributed by atoms with Crippen LogP contribution in [-0.2, 0) is 12.8 Å². The number of hydrogen-bond donors (Lipinski definition) is 1. The molecule has 1 N–H and O–H groups in total. The van der Waals surface area contributed by atoms with E-state index in [-0.39, 0.29) is 6.61 Å². The number of rotatable bonds is 7. The maximum absolute atomic E-state index is 9.06. The quantitative estimate of drug-likeness (QED) is 0.454. The molecule has 0 heterocycles. The average Bonchev–Trinajstić information content (AvgIpc) is 2.78. The van der Waals surface area contributed by atoms with Gasteiger partial charge in [-0.2, -0.15) is 0 Å². The molecule has 0 spiro atoms. The van der Waals surface area contributed by atoms with Gasteiger partial charge in [-0.05, 0) is 53.4 Å². The molecule has 0 aliphatic heterocycles. The van der Waals surface area contributed by atoms with Gasteiger partial charge in [0.2, 0.25) is 0 Å². The summed E-state index contributed by atoms with van der Waals surface area (Å²) in [5, 5.41) is 13.2. The van der Waals surface area contributed by atoms with E-state index in [2.05, 4.69) is 109 Å². The lowest BCUT2D eigenvalue weighted by atomic mass is 10.0. The van der Waals surface area contributed by atoms with Gasteiger partial charge in [-0.25, -0.2) is 0 Å². The SMILES string of the molecule is OCCc1ccc(Cc2ccc(P(c3ccccc3)c3ccccc3)cc2)cc1. The van der Waals surface area contributed by atoms with Crippen LogP contribution in [0.1, 0.15) is 16.7 Å². The molecule has 4 rings (SSSR count). The molecule has 4 aromatic rings. The van der Waals surface area contributed by atoms with E-state index < -0.39 is 7.92 Å². The van der Waals surface area contributed by atoms with E-state index >= 15 is 0 Å². The van der Waals surface area contributed by atoms with Crippen molar-refractivity contribution in [3.05, 3.63) is 126 Å². The van der Waals surface area contributed by atoms with E-state index in [0.717, 1.165) is 12.8 Å². The maximum atomic E-state index is 9.06. The Morgan fingerprint density at radius 3 is 1.38 bits per heavy atom. The van der Waals surface area contributed by atoms with Gasteiger partial charge in [0.15, 0.2) is 0 Å². The van der Waals surface area contributed by atoms with Crippen molar-refractivity contribution in [2.24, 2.45) is 0 Å². The van der Waals surface area contributed by atoms with E-state index in [4.69, 9.17) is 5.11 Å². The van der Waals surface area contributed by atoms with Gasteiger partial charge in [-0.15, -0.1) is 0 Å². The third kappa shape index (κ3) is 5.01. The summed E-state index contributed by atoms with van der Waals surface area (Å²) in [6.07, 6.45) is 1.64. The molecule has 2 heteroatoms. The minimum Gasteiger partial charge on any atom is -0.396 e. The summed E-state index contributed by atoms with van der Waals surface area (Å²) >= 11 is 0. The van der Waals surface area contributed by atoms with Crippen LogP contribution in [0.15, 0.2) is 109 Å². The molecule has 29 heavy (non-hydrogen) atoms. The van der Waals surface area contributed by atoms with Gasteiger partial charge in [0.1, 0.15) is 0 Å². The fourth-order valence-corrected chi connectivity index (χ4v) is 5.83. The summed E-state index contributed by atoms with van der Waals surface area (Å²) in [5.41, 5.74) is 3.80. The molecule has 0 fully saturated rings. The summed E-state index contributed by atoms with van der Waals surface area (Å²) in [7, 11) is -0.550. The number of benzene rings is 4. The summed E-state index contributed by atoms with van der Waals surface area (Å²) in [4.78, 5) is 0. The van der Waals surface area contributed by atoms with Gasteiger partial charge < -0.3 is 5.11 Å². The number of aliphatic hydroxyl groups excluding tert-OH is 1. The van der Waals surface area contributed by atoms with E-state index in [1.54, 1.807) is 0 Å². The van der Waals surface area contributed by atoms with Crippen molar-refractivity contribution in [2.45, 2.75) is 12.8 Å². The van der Waals surface area contributed by atoms with Crippen molar-refractivity contribution >= 4 is 23.8 Å². The van der Waals surface area contributed by atoms with Gasteiger partial charge in [-0.3, -0.25) is 0 Å². The summed E-state index contributed by atoms with van der Waals surface area (Å²) in [5.74, 6) is 0. The standard InChI is InChI=1S/C27H25OP/c28-20-19-22-11-13-23(14-12-22)21-24-15-17-27(18-16-24)29(25-7-3-1-4-8-25)26-9-5-2-6-10-26/h1-18,28H,19-21H2. The monoisotopic (exact) mass is 396 g/mol. The summed E-state index contributed by atoms with van der Waals surface area (Å²) in [6.45, 7) is 0.201. The first-order valence-electron chi connectivity index (χ1n) is 10.0. The minimum absolute atomic E-state index is 0.201. The molecule has 0 amide bonds. The van der Waals surface area contributed by atoms with Crippen LogP contribution < -0.4 is 15.9 Å². The lowest BCUT2D eigenvalue weighted by molar-refractivity contribution is 0.299. The molecule has 0 atom stereocenters. The minimum atomic E-state index is -0.550. The van der Waals surface area contributed by atoms with Crippen LogP contribution in [0.25, 0.3) is 0 Å². The summed E-state index contributed by atoms with van der Waals surface area (Å²) < 4.78 is 0. The lowest BCUT2D eigenvalue weighted by Crippen LogP contribution is -2.20. The Labute approximate surface area is 174 Å². The molecule has 0 aliphatic carbocycles. The second kappa shape index (κ2) is 9.65. The van der Waals surface area contributed by atoms with Crippen molar-refractivity contribution in [2.75, 3.05) is 6.61 Å². The van der Waals surface area contributed by atoms with Crippen LogP contribution >= 0.6 is 7.92 Å². The molecular formula is C27H25OP. The van der Waals surface area contributed by atoms with Crippen molar-refractivity contribution in [3.63, 3.8) is 0 Å². The average molecular weight is 396 g/mol. The second-order valence-electron chi connectivity index (χ2n) is 7.14. The number of hydrogen-bond acceptors (Lipinski definition) is 1. The highest BCUT2D eigenvalue weighted by molar-refractivity contribution is 7.79. The Balaban J connectivity index is 1.57. The van der Waals surface area contributed by atoms with Crippen LogP contribution in [0.5, 0.6) is 0 Å². The van der Waals surface area contributed by atoms with Crippen LogP contribution in [-0.4, -0.2) is 11.7 Å². The highest BCUT2D eigenvalue weighted by Gasteiger charge is 2.15. The van der Waals surface area contributed by atoms with E-state index in [1.807, 2.05) is 0 Å². The highest BCUT2D eigenvalue weighted by Crippen LogP contribution is 2.32. The first-order chi connectivity index (χ1) is 14.3. The second-order valence-corrected chi connectivity index (χ2v) is 9.36. The van der Waals surface area contributed by atoms with Crippen LogP contribution in [0.2, 0.25) is 0 Å². The topological polar surface area (TPSA) is 20.2 Å². The molecule has 0 unspecified atom stereocenters. The number of aliphatic hydroxyl groups is 1. The Morgan fingerprint density at radius 1 is 0.483 bits per heavy atom.